The SMILES string of the molecule is Cc1c(C(=O)NNC(=O)c2ccncc2)oc2c1/C(=N/NC(=O)c1ccco1)CCC2. The molecule has 0 fully saturated rings. The van der Waals surface area contributed by atoms with Gasteiger partial charge in [0.15, 0.2) is 11.5 Å². The summed E-state index contributed by atoms with van der Waals surface area (Å²) in [5, 5.41) is 4.22. The Bertz CT molecular complexity index is 1150. The Morgan fingerprint density at radius 1 is 1.03 bits per heavy atom. The number of aryl methyl sites for hydroxylation is 1. The molecular formula is C21H19N5O5. The van der Waals surface area contributed by atoms with E-state index in [-0.39, 0.29) is 11.5 Å². The Hall–Kier alpha value is -4.21. The highest BCUT2D eigenvalue weighted by Crippen LogP contribution is 2.29. The number of hydrogen-bond donors (Lipinski definition) is 3. The summed E-state index contributed by atoms with van der Waals surface area (Å²) in [4.78, 5) is 40.6. The first-order valence-corrected chi connectivity index (χ1v) is 9.58. The molecule has 0 spiro atoms. The van der Waals surface area contributed by atoms with Crippen LogP contribution in [0.2, 0.25) is 0 Å². The lowest BCUT2D eigenvalue weighted by Gasteiger charge is -2.13. The number of hydrazine groups is 1. The summed E-state index contributed by atoms with van der Waals surface area (Å²) < 4.78 is 10.8. The van der Waals surface area contributed by atoms with E-state index in [2.05, 4.69) is 26.4 Å². The molecule has 0 atom stereocenters. The molecule has 0 saturated heterocycles. The largest absolute Gasteiger partial charge is 0.459 e. The highest BCUT2D eigenvalue weighted by atomic mass is 16.4. The van der Waals surface area contributed by atoms with Crippen LogP contribution in [0, 0.1) is 6.92 Å². The Morgan fingerprint density at radius 3 is 2.55 bits per heavy atom. The van der Waals surface area contributed by atoms with Gasteiger partial charge in [0.2, 0.25) is 0 Å². The van der Waals surface area contributed by atoms with Crippen molar-refractivity contribution in [2.75, 3.05) is 0 Å². The van der Waals surface area contributed by atoms with Crippen molar-refractivity contribution in [3.8, 4) is 0 Å². The van der Waals surface area contributed by atoms with Gasteiger partial charge in [-0.2, -0.15) is 5.10 Å². The molecule has 1 aliphatic rings. The van der Waals surface area contributed by atoms with Crippen LogP contribution in [0.15, 0.2) is 56.9 Å². The third-order valence-corrected chi connectivity index (χ3v) is 4.80. The number of hydrogen-bond acceptors (Lipinski definition) is 7. The van der Waals surface area contributed by atoms with Gasteiger partial charge in [-0.15, -0.1) is 0 Å². The molecule has 10 heteroatoms. The van der Waals surface area contributed by atoms with E-state index in [0.717, 1.165) is 6.42 Å². The van der Waals surface area contributed by atoms with Crippen LogP contribution in [0.5, 0.6) is 0 Å². The van der Waals surface area contributed by atoms with Crippen molar-refractivity contribution in [3.63, 3.8) is 0 Å². The molecule has 3 N–H and O–H groups in total. The number of carbonyl (C=O) groups is 3. The second-order valence-corrected chi connectivity index (χ2v) is 6.83. The zero-order chi connectivity index (χ0) is 21.8. The molecule has 0 bridgehead atoms. The summed E-state index contributed by atoms with van der Waals surface area (Å²) in [7, 11) is 0. The van der Waals surface area contributed by atoms with Crippen LogP contribution in [0.25, 0.3) is 0 Å². The number of nitrogens with one attached hydrogen (secondary N) is 3. The molecule has 1 aliphatic carbocycles. The number of amides is 3. The fourth-order valence-corrected chi connectivity index (χ4v) is 3.32. The molecule has 3 amide bonds. The third kappa shape index (κ3) is 4.22. The summed E-state index contributed by atoms with van der Waals surface area (Å²) in [6.45, 7) is 1.73. The highest BCUT2D eigenvalue weighted by molar-refractivity contribution is 6.07. The molecule has 3 heterocycles. The van der Waals surface area contributed by atoms with Gasteiger partial charge in [0.25, 0.3) is 5.91 Å². The number of fused-ring (bicyclic) bond motifs is 1. The Balaban J connectivity index is 1.48. The van der Waals surface area contributed by atoms with E-state index in [9.17, 15) is 14.4 Å². The van der Waals surface area contributed by atoms with Crippen LogP contribution in [-0.2, 0) is 6.42 Å². The van der Waals surface area contributed by atoms with Crippen LogP contribution in [0.4, 0.5) is 0 Å². The molecule has 3 aromatic rings. The highest BCUT2D eigenvalue weighted by Gasteiger charge is 2.28. The fraction of sp³-hybridized carbons (Fsp3) is 0.190. The maximum atomic E-state index is 12.6. The van der Waals surface area contributed by atoms with Crippen LogP contribution in [0.3, 0.4) is 0 Å². The van der Waals surface area contributed by atoms with Crippen molar-refractivity contribution in [3.05, 3.63) is 76.9 Å². The van der Waals surface area contributed by atoms with Gasteiger partial charge >= 0.3 is 11.8 Å². The second kappa shape index (κ2) is 8.66. The van der Waals surface area contributed by atoms with E-state index in [0.29, 0.717) is 41.0 Å². The van der Waals surface area contributed by atoms with Crippen molar-refractivity contribution < 1.29 is 23.2 Å². The summed E-state index contributed by atoms with van der Waals surface area (Å²) in [6, 6.07) is 6.20. The zero-order valence-corrected chi connectivity index (χ0v) is 16.6. The number of aromatic nitrogens is 1. The van der Waals surface area contributed by atoms with Crippen LogP contribution in [-0.4, -0.2) is 28.4 Å². The van der Waals surface area contributed by atoms with Crippen LogP contribution in [0.1, 0.15) is 61.2 Å². The first-order chi connectivity index (χ1) is 15.0. The lowest BCUT2D eigenvalue weighted by atomic mass is 9.93. The lowest BCUT2D eigenvalue weighted by molar-refractivity contribution is 0.0829. The molecule has 158 valence electrons. The second-order valence-electron chi connectivity index (χ2n) is 6.83. The van der Waals surface area contributed by atoms with Gasteiger partial charge in [-0.25, -0.2) is 5.43 Å². The first kappa shape index (κ1) is 20.1. The Morgan fingerprint density at radius 2 is 1.81 bits per heavy atom. The number of rotatable bonds is 4. The van der Waals surface area contributed by atoms with E-state index in [4.69, 9.17) is 8.83 Å². The van der Waals surface area contributed by atoms with Gasteiger partial charge < -0.3 is 8.83 Å². The predicted molar refractivity (Wildman–Crippen MR) is 108 cm³/mol. The Labute approximate surface area is 176 Å². The minimum Gasteiger partial charge on any atom is -0.459 e. The molecule has 10 nitrogen and oxygen atoms in total. The van der Waals surface area contributed by atoms with Gasteiger partial charge in [0, 0.05) is 35.5 Å². The van der Waals surface area contributed by atoms with Crippen molar-refractivity contribution in [1.29, 1.82) is 0 Å². The predicted octanol–water partition coefficient (Wildman–Crippen LogP) is 2.12. The first-order valence-electron chi connectivity index (χ1n) is 9.58. The van der Waals surface area contributed by atoms with E-state index in [1.807, 2.05) is 0 Å². The molecular weight excluding hydrogens is 402 g/mol. The molecule has 3 aromatic heterocycles. The fourth-order valence-electron chi connectivity index (χ4n) is 3.32. The van der Waals surface area contributed by atoms with E-state index in [1.165, 1.54) is 36.9 Å². The van der Waals surface area contributed by atoms with E-state index in [1.54, 1.807) is 13.0 Å². The third-order valence-electron chi connectivity index (χ3n) is 4.80. The molecule has 0 unspecified atom stereocenters. The van der Waals surface area contributed by atoms with Crippen LogP contribution < -0.4 is 16.3 Å². The molecule has 31 heavy (non-hydrogen) atoms. The van der Waals surface area contributed by atoms with Crippen molar-refractivity contribution >= 4 is 23.4 Å². The summed E-state index contributed by atoms with van der Waals surface area (Å²) in [5.74, 6) is -0.704. The monoisotopic (exact) mass is 421 g/mol. The van der Waals surface area contributed by atoms with Crippen molar-refractivity contribution in [2.45, 2.75) is 26.2 Å². The number of hydrazone groups is 1. The van der Waals surface area contributed by atoms with Crippen LogP contribution >= 0.6 is 0 Å². The molecule has 0 aliphatic heterocycles. The number of pyridine rings is 1. The number of nitrogens with zero attached hydrogens (tertiary/aromatic N) is 2. The topological polar surface area (TPSA) is 139 Å². The Kier molecular flexibility index (Phi) is 5.61. The van der Waals surface area contributed by atoms with Crippen molar-refractivity contribution in [1.82, 2.24) is 21.3 Å². The maximum Gasteiger partial charge on any atom is 0.307 e. The van der Waals surface area contributed by atoms with E-state index < -0.39 is 17.7 Å². The number of furan rings is 2. The normalized spacial score (nSPS) is 14.0. The molecule has 4 rings (SSSR count). The molecule has 0 saturated carbocycles. The van der Waals surface area contributed by atoms with Crippen molar-refractivity contribution in [2.24, 2.45) is 5.10 Å². The lowest BCUT2D eigenvalue weighted by Crippen LogP contribution is -2.41. The average molecular weight is 421 g/mol. The smallest absolute Gasteiger partial charge is 0.307 e. The quantitative estimate of drug-likeness (QED) is 0.552. The standard InChI is InChI=1S/C21H19N5O5/c1-12-17-14(23-25-20(28)16-6-3-11-30-16)4-2-5-15(17)31-18(12)21(29)26-24-19(27)13-7-9-22-10-8-13/h3,6-11H,2,4-5H2,1H3,(H,24,27)(H,25,28)(H,26,29)/b23-14+. The minimum absolute atomic E-state index is 0.0759. The van der Waals surface area contributed by atoms with Gasteiger partial charge in [0.1, 0.15) is 5.76 Å². The van der Waals surface area contributed by atoms with Gasteiger partial charge in [-0.3, -0.25) is 30.2 Å². The van der Waals surface area contributed by atoms with Gasteiger partial charge in [0.05, 0.1) is 12.0 Å². The molecule has 0 aromatic carbocycles. The van der Waals surface area contributed by atoms with Gasteiger partial charge in [-0.1, -0.05) is 0 Å². The average Bonchev–Trinajstić information content (AvgIpc) is 3.45. The number of carbonyl (C=O) groups excluding carboxylic acids is 3. The minimum atomic E-state index is -0.590. The summed E-state index contributed by atoms with van der Waals surface area (Å²) in [5.41, 5.74) is 9.41. The van der Waals surface area contributed by atoms with E-state index >= 15 is 0 Å². The molecule has 0 radical (unpaired) electrons. The summed E-state index contributed by atoms with van der Waals surface area (Å²) in [6.07, 6.45) is 6.37. The zero-order valence-electron chi connectivity index (χ0n) is 16.6. The summed E-state index contributed by atoms with van der Waals surface area (Å²) >= 11 is 0. The van der Waals surface area contributed by atoms with Gasteiger partial charge in [-0.05, 0) is 44.0 Å². The maximum absolute atomic E-state index is 12.6.